The summed E-state index contributed by atoms with van der Waals surface area (Å²) in [5.74, 6) is -0.426. The molecule has 3 N–H and O–H groups in total. The van der Waals surface area contributed by atoms with Crippen LogP contribution in [-0.4, -0.2) is 68.9 Å². The summed E-state index contributed by atoms with van der Waals surface area (Å²) >= 11 is 0. The van der Waals surface area contributed by atoms with Gasteiger partial charge in [-0.25, -0.2) is 9.78 Å². The number of carbonyl (C=O) groups is 2. The van der Waals surface area contributed by atoms with E-state index >= 15 is 0 Å². The Bertz CT molecular complexity index is 1240. The molecular formula is C28H38N6O3. The van der Waals surface area contributed by atoms with Gasteiger partial charge in [-0.05, 0) is 75.3 Å². The maximum absolute atomic E-state index is 12.8. The first-order chi connectivity index (χ1) is 17.9. The van der Waals surface area contributed by atoms with Gasteiger partial charge in [0.1, 0.15) is 11.9 Å². The number of amides is 1. The van der Waals surface area contributed by atoms with Gasteiger partial charge in [0, 0.05) is 43.3 Å². The second-order valence-electron chi connectivity index (χ2n) is 9.83. The molecule has 9 heteroatoms. The number of hydrogen-bond acceptors (Lipinski definition) is 6. The van der Waals surface area contributed by atoms with Gasteiger partial charge in [-0.2, -0.15) is 5.10 Å². The fraction of sp³-hybridized carbons (Fsp3) is 0.500. The minimum atomic E-state index is -1.01. The number of benzene rings is 1. The van der Waals surface area contributed by atoms with E-state index in [0.717, 1.165) is 67.5 Å². The van der Waals surface area contributed by atoms with E-state index in [4.69, 9.17) is 4.98 Å². The summed E-state index contributed by atoms with van der Waals surface area (Å²) in [6.45, 7) is 3.70. The van der Waals surface area contributed by atoms with Crippen LogP contribution in [0.2, 0.25) is 0 Å². The van der Waals surface area contributed by atoms with Crippen molar-refractivity contribution in [1.82, 2.24) is 25.0 Å². The molecule has 0 bridgehead atoms. The summed E-state index contributed by atoms with van der Waals surface area (Å²) in [5.41, 5.74) is 3.59. The summed E-state index contributed by atoms with van der Waals surface area (Å²) in [6.07, 6.45) is 8.35. The Hall–Kier alpha value is -3.46. The van der Waals surface area contributed by atoms with Gasteiger partial charge in [-0.1, -0.05) is 19.1 Å². The Morgan fingerprint density at radius 1 is 1.19 bits per heavy atom. The van der Waals surface area contributed by atoms with E-state index in [1.165, 1.54) is 5.56 Å². The summed E-state index contributed by atoms with van der Waals surface area (Å²) in [5, 5.41) is 20.8. The van der Waals surface area contributed by atoms with Crippen LogP contribution in [0.5, 0.6) is 0 Å². The predicted molar refractivity (Wildman–Crippen MR) is 145 cm³/mol. The monoisotopic (exact) mass is 506 g/mol. The SMILES string of the molecule is CCc1ccc(CCCCN(CCC(NC(=O)c2ccc3cnn(C)c3c2)C(=O)O)C2CC2)nc1NC. The van der Waals surface area contributed by atoms with Gasteiger partial charge in [0.05, 0.1) is 11.7 Å². The van der Waals surface area contributed by atoms with Crippen molar-refractivity contribution in [2.75, 3.05) is 25.5 Å². The molecule has 1 atom stereocenters. The zero-order valence-electron chi connectivity index (χ0n) is 22.0. The Kier molecular flexibility index (Phi) is 8.76. The van der Waals surface area contributed by atoms with Crippen LogP contribution in [-0.2, 0) is 24.7 Å². The fourth-order valence-corrected chi connectivity index (χ4v) is 4.79. The molecule has 9 nitrogen and oxygen atoms in total. The van der Waals surface area contributed by atoms with E-state index in [1.54, 1.807) is 23.0 Å². The zero-order chi connectivity index (χ0) is 26.4. The third-order valence-electron chi connectivity index (χ3n) is 7.17. The normalized spacial score (nSPS) is 14.2. The number of nitrogens with one attached hydrogen (secondary N) is 2. The molecular weight excluding hydrogens is 468 g/mol. The minimum Gasteiger partial charge on any atom is -0.480 e. The number of unbranched alkanes of at least 4 members (excludes halogenated alkanes) is 1. The van der Waals surface area contributed by atoms with E-state index in [-0.39, 0.29) is 5.91 Å². The second-order valence-corrected chi connectivity index (χ2v) is 9.83. The van der Waals surface area contributed by atoms with Gasteiger partial charge in [-0.3, -0.25) is 9.48 Å². The molecule has 3 aromatic rings. The average molecular weight is 507 g/mol. The van der Waals surface area contributed by atoms with Gasteiger partial charge >= 0.3 is 5.97 Å². The molecule has 0 aliphatic heterocycles. The van der Waals surface area contributed by atoms with Gasteiger partial charge in [0.15, 0.2) is 0 Å². The number of pyridine rings is 1. The largest absolute Gasteiger partial charge is 0.480 e. The number of aromatic nitrogens is 3. The molecule has 37 heavy (non-hydrogen) atoms. The molecule has 0 saturated heterocycles. The van der Waals surface area contributed by atoms with Crippen LogP contribution in [0, 0.1) is 0 Å². The lowest BCUT2D eigenvalue weighted by molar-refractivity contribution is -0.139. The molecule has 1 aromatic carbocycles. The third-order valence-corrected chi connectivity index (χ3v) is 7.17. The number of carboxylic acid groups (broad SMARTS) is 1. The van der Waals surface area contributed by atoms with Crippen LogP contribution in [0.25, 0.3) is 10.9 Å². The van der Waals surface area contributed by atoms with Crippen molar-refractivity contribution in [2.45, 2.75) is 64.0 Å². The summed E-state index contributed by atoms with van der Waals surface area (Å²) in [4.78, 5) is 31.9. The zero-order valence-corrected chi connectivity index (χ0v) is 22.0. The molecule has 2 heterocycles. The molecule has 1 amide bonds. The molecule has 1 aliphatic carbocycles. The fourth-order valence-electron chi connectivity index (χ4n) is 4.79. The van der Waals surface area contributed by atoms with Crippen LogP contribution in [0.4, 0.5) is 5.82 Å². The molecule has 4 rings (SSSR count). The number of aliphatic carboxylic acids is 1. The van der Waals surface area contributed by atoms with Crippen molar-refractivity contribution in [3.63, 3.8) is 0 Å². The highest BCUT2D eigenvalue weighted by molar-refractivity contribution is 5.99. The number of anilines is 1. The number of fused-ring (bicyclic) bond motifs is 1. The lowest BCUT2D eigenvalue weighted by Gasteiger charge is -2.24. The first-order valence-electron chi connectivity index (χ1n) is 13.3. The number of aryl methyl sites for hydroxylation is 3. The van der Waals surface area contributed by atoms with Crippen molar-refractivity contribution in [2.24, 2.45) is 7.05 Å². The summed E-state index contributed by atoms with van der Waals surface area (Å²) in [6, 6.07) is 9.14. The van der Waals surface area contributed by atoms with Gasteiger partial charge in [-0.15, -0.1) is 0 Å². The van der Waals surface area contributed by atoms with Crippen LogP contribution >= 0.6 is 0 Å². The quantitative estimate of drug-likeness (QED) is 0.286. The first-order valence-corrected chi connectivity index (χ1v) is 13.3. The lowest BCUT2D eigenvalue weighted by atomic mass is 10.1. The third kappa shape index (κ3) is 6.85. The maximum atomic E-state index is 12.8. The van der Waals surface area contributed by atoms with E-state index in [1.807, 2.05) is 20.2 Å². The summed E-state index contributed by atoms with van der Waals surface area (Å²) in [7, 11) is 3.72. The first kappa shape index (κ1) is 26.6. The minimum absolute atomic E-state index is 0.372. The highest BCUT2D eigenvalue weighted by atomic mass is 16.4. The number of hydrogen-bond donors (Lipinski definition) is 3. The molecule has 0 spiro atoms. The number of nitrogens with zero attached hydrogens (tertiary/aromatic N) is 4. The Morgan fingerprint density at radius 3 is 2.70 bits per heavy atom. The maximum Gasteiger partial charge on any atom is 0.326 e. The lowest BCUT2D eigenvalue weighted by Crippen LogP contribution is -2.43. The van der Waals surface area contributed by atoms with Crippen LogP contribution in [0.3, 0.4) is 0 Å². The van der Waals surface area contributed by atoms with Crippen LogP contribution < -0.4 is 10.6 Å². The number of carboxylic acids is 1. The highest BCUT2D eigenvalue weighted by Gasteiger charge is 2.30. The molecule has 198 valence electrons. The Balaban J connectivity index is 1.28. The summed E-state index contributed by atoms with van der Waals surface area (Å²) < 4.78 is 1.70. The molecule has 2 aromatic heterocycles. The Morgan fingerprint density at radius 2 is 2.00 bits per heavy atom. The topological polar surface area (TPSA) is 112 Å². The number of carbonyl (C=O) groups excluding carboxylic acids is 1. The average Bonchev–Trinajstić information content (AvgIpc) is 3.69. The van der Waals surface area contributed by atoms with E-state index in [2.05, 4.69) is 39.7 Å². The molecule has 1 saturated carbocycles. The van der Waals surface area contributed by atoms with E-state index in [0.29, 0.717) is 24.6 Å². The van der Waals surface area contributed by atoms with E-state index < -0.39 is 12.0 Å². The van der Waals surface area contributed by atoms with Crippen molar-refractivity contribution < 1.29 is 14.7 Å². The smallest absolute Gasteiger partial charge is 0.326 e. The van der Waals surface area contributed by atoms with Crippen molar-refractivity contribution in [1.29, 1.82) is 0 Å². The van der Waals surface area contributed by atoms with Gasteiger partial charge in [0.2, 0.25) is 0 Å². The molecule has 0 radical (unpaired) electrons. The van der Waals surface area contributed by atoms with Gasteiger partial charge in [0.25, 0.3) is 5.91 Å². The standard InChI is InChI=1S/C28H38N6O3/c1-4-19-10-11-22(31-26(19)29-2)7-5-6-15-34(23-12-13-23)16-14-24(28(36)37)32-27(35)20-8-9-21-18-30-33(3)25(21)17-20/h8-11,17-18,23-24H,4-7,12-16H2,1-3H3,(H,29,31)(H,32,35)(H,36,37). The molecule has 1 aliphatic rings. The van der Waals surface area contributed by atoms with Crippen molar-refractivity contribution in [3.8, 4) is 0 Å². The molecule has 1 unspecified atom stereocenters. The second kappa shape index (κ2) is 12.2. The van der Waals surface area contributed by atoms with Crippen LogP contribution in [0.15, 0.2) is 36.5 Å². The van der Waals surface area contributed by atoms with E-state index in [9.17, 15) is 14.7 Å². The Labute approximate surface area is 218 Å². The molecule has 1 fully saturated rings. The van der Waals surface area contributed by atoms with Gasteiger partial charge < -0.3 is 20.6 Å². The van der Waals surface area contributed by atoms with Crippen molar-refractivity contribution in [3.05, 3.63) is 53.3 Å². The van der Waals surface area contributed by atoms with Crippen molar-refractivity contribution >= 4 is 28.6 Å². The predicted octanol–water partition coefficient (Wildman–Crippen LogP) is 3.63. The van der Waals surface area contributed by atoms with Crippen LogP contribution in [0.1, 0.15) is 60.6 Å². The number of rotatable bonds is 14. The highest BCUT2D eigenvalue weighted by Crippen LogP contribution is 2.27.